The maximum absolute atomic E-state index is 12.8. The van der Waals surface area contributed by atoms with Gasteiger partial charge in [0.25, 0.3) is 5.56 Å². The molecule has 0 atom stereocenters. The summed E-state index contributed by atoms with van der Waals surface area (Å²) in [5, 5.41) is 3.33. The van der Waals surface area contributed by atoms with Crippen LogP contribution in [0.3, 0.4) is 0 Å². The lowest BCUT2D eigenvalue weighted by atomic mass is 10.3. The smallest absolute Gasteiger partial charge is 0.287 e. The van der Waals surface area contributed by atoms with Gasteiger partial charge in [-0.3, -0.25) is 14.2 Å². The summed E-state index contributed by atoms with van der Waals surface area (Å²) in [5.41, 5.74) is 0.803. The largest absolute Gasteiger partial charge is 0.495 e. The molecular weight excluding hydrogens is 414 g/mol. The lowest BCUT2D eigenvalue weighted by Gasteiger charge is -2.11. The van der Waals surface area contributed by atoms with Crippen molar-refractivity contribution >= 4 is 35.0 Å². The van der Waals surface area contributed by atoms with Crippen molar-refractivity contribution in [3.63, 3.8) is 0 Å². The van der Waals surface area contributed by atoms with Crippen LogP contribution in [0.15, 0.2) is 64.7 Å². The molecule has 3 rings (SSSR count). The number of hydrogen-bond acceptors (Lipinski definition) is 6. The zero-order valence-corrected chi connectivity index (χ0v) is 17.3. The molecule has 0 aliphatic rings. The van der Waals surface area contributed by atoms with E-state index in [1.807, 2.05) is 12.1 Å². The SMILES string of the molecule is COc1ccc(NC(=O)CSc2nccn(-c3ccccc3OC)c2=O)cc1Cl. The highest BCUT2D eigenvalue weighted by atomic mass is 35.5. The summed E-state index contributed by atoms with van der Waals surface area (Å²) in [6.07, 6.45) is 3.07. The Kier molecular flexibility index (Phi) is 6.79. The highest BCUT2D eigenvalue weighted by Crippen LogP contribution is 2.27. The lowest BCUT2D eigenvalue weighted by Crippen LogP contribution is -2.22. The number of nitrogens with one attached hydrogen (secondary N) is 1. The van der Waals surface area contributed by atoms with Gasteiger partial charge in [-0.25, -0.2) is 4.98 Å². The van der Waals surface area contributed by atoms with Crippen LogP contribution in [0.4, 0.5) is 5.69 Å². The van der Waals surface area contributed by atoms with Crippen molar-refractivity contribution in [3.8, 4) is 17.2 Å². The summed E-state index contributed by atoms with van der Waals surface area (Å²) in [6.45, 7) is 0. The Balaban J connectivity index is 1.72. The molecular formula is C20H18ClN3O4S. The quantitative estimate of drug-likeness (QED) is 0.575. The molecule has 1 heterocycles. The number of aromatic nitrogens is 2. The van der Waals surface area contributed by atoms with Gasteiger partial charge < -0.3 is 14.8 Å². The van der Waals surface area contributed by atoms with Crippen molar-refractivity contribution in [1.82, 2.24) is 9.55 Å². The maximum Gasteiger partial charge on any atom is 0.287 e. The van der Waals surface area contributed by atoms with Gasteiger partial charge in [0.15, 0.2) is 5.03 Å². The van der Waals surface area contributed by atoms with Crippen molar-refractivity contribution in [3.05, 3.63) is 70.2 Å². The van der Waals surface area contributed by atoms with Crippen molar-refractivity contribution in [1.29, 1.82) is 0 Å². The standard InChI is InChI=1S/C20H18ClN3O4S/c1-27-16-8-7-13(11-14(16)21)23-18(25)12-29-19-20(26)24(10-9-22-19)15-5-3-4-6-17(15)28-2/h3-11H,12H2,1-2H3,(H,23,25). The van der Waals surface area contributed by atoms with Crippen LogP contribution in [0, 0.1) is 0 Å². The number of benzene rings is 2. The molecule has 9 heteroatoms. The van der Waals surface area contributed by atoms with Gasteiger partial charge >= 0.3 is 0 Å². The average molecular weight is 432 g/mol. The van der Waals surface area contributed by atoms with E-state index in [0.29, 0.717) is 27.9 Å². The molecule has 0 saturated heterocycles. The normalized spacial score (nSPS) is 10.4. The Bertz CT molecular complexity index is 1090. The first-order valence-corrected chi connectivity index (χ1v) is 9.87. The molecule has 0 aliphatic carbocycles. The highest BCUT2D eigenvalue weighted by molar-refractivity contribution is 7.99. The average Bonchev–Trinajstić information content (AvgIpc) is 2.73. The number of ether oxygens (including phenoxy) is 2. The number of halogens is 1. The predicted octanol–water partition coefficient (Wildman–Crippen LogP) is 3.63. The summed E-state index contributed by atoms with van der Waals surface area (Å²) in [4.78, 5) is 29.1. The highest BCUT2D eigenvalue weighted by Gasteiger charge is 2.13. The van der Waals surface area contributed by atoms with Gasteiger partial charge in [-0.1, -0.05) is 35.5 Å². The van der Waals surface area contributed by atoms with Crippen LogP contribution in [0.2, 0.25) is 5.02 Å². The number of hydrogen-bond donors (Lipinski definition) is 1. The van der Waals surface area contributed by atoms with Crippen molar-refractivity contribution in [2.75, 3.05) is 25.3 Å². The molecule has 1 aromatic heterocycles. The molecule has 0 saturated carbocycles. The maximum atomic E-state index is 12.8. The Morgan fingerprint density at radius 1 is 1.17 bits per heavy atom. The van der Waals surface area contributed by atoms with Gasteiger partial charge in [-0.15, -0.1) is 0 Å². The van der Waals surface area contributed by atoms with Crippen LogP contribution in [-0.2, 0) is 4.79 Å². The van der Waals surface area contributed by atoms with E-state index in [1.54, 1.807) is 36.5 Å². The molecule has 2 aromatic carbocycles. The van der Waals surface area contributed by atoms with Gasteiger partial charge in [0.2, 0.25) is 5.91 Å². The van der Waals surface area contributed by atoms with E-state index in [0.717, 1.165) is 11.8 Å². The van der Waals surface area contributed by atoms with Gasteiger partial charge in [0.1, 0.15) is 11.5 Å². The van der Waals surface area contributed by atoms with Gasteiger partial charge in [-0.2, -0.15) is 0 Å². The fraction of sp³-hybridized carbons (Fsp3) is 0.150. The van der Waals surface area contributed by atoms with Crippen molar-refractivity contribution < 1.29 is 14.3 Å². The van der Waals surface area contributed by atoms with Gasteiger partial charge in [-0.05, 0) is 30.3 Å². The van der Waals surface area contributed by atoms with E-state index in [4.69, 9.17) is 21.1 Å². The van der Waals surface area contributed by atoms with E-state index in [-0.39, 0.29) is 22.2 Å². The second-order valence-electron chi connectivity index (χ2n) is 5.77. The topological polar surface area (TPSA) is 82.4 Å². The number of anilines is 1. The molecule has 29 heavy (non-hydrogen) atoms. The first kappa shape index (κ1) is 20.8. The first-order valence-electron chi connectivity index (χ1n) is 8.50. The second-order valence-corrected chi connectivity index (χ2v) is 7.14. The summed E-state index contributed by atoms with van der Waals surface area (Å²) < 4.78 is 11.8. The number of carbonyl (C=O) groups excluding carboxylic acids is 1. The third-order valence-electron chi connectivity index (χ3n) is 3.93. The summed E-state index contributed by atoms with van der Waals surface area (Å²) in [5.74, 6) is 0.808. The van der Waals surface area contributed by atoms with Crippen LogP contribution in [0.5, 0.6) is 11.5 Å². The van der Waals surface area contributed by atoms with Crippen LogP contribution in [0.1, 0.15) is 0 Å². The molecule has 0 unspecified atom stereocenters. The Labute approximate surface area is 176 Å². The van der Waals surface area contributed by atoms with Crippen LogP contribution >= 0.6 is 23.4 Å². The number of nitrogens with zero attached hydrogens (tertiary/aromatic N) is 2. The minimum absolute atomic E-state index is 0.0157. The minimum Gasteiger partial charge on any atom is -0.495 e. The first-order chi connectivity index (χ1) is 14.0. The molecule has 7 nitrogen and oxygen atoms in total. The third-order valence-corrected chi connectivity index (χ3v) is 5.18. The number of amides is 1. The minimum atomic E-state index is -0.331. The van der Waals surface area contributed by atoms with E-state index < -0.39 is 0 Å². The Morgan fingerprint density at radius 3 is 2.66 bits per heavy atom. The molecule has 1 amide bonds. The zero-order chi connectivity index (χ0) is 20.8. The van der Waals surface area contributed by atoms with E-state index in [2.05, 4.69) is 10.3 Å². The molecule has 3 aromatic rings. The van der Waals surface area contributed by atoms with E-state index >= 15 is 0 Å². The van der Waals surface area contributed by atoms with Crippen molar-refractivity contribution in [2.24, 2.45) is 0 Å². The molecule has 0 fully saturated rings. The zero-order valence-electron chi connectivity index (χ0n) is 15.7. The molecule has 150 valence electrons. The number of rotatable bonds is 7. The van der Waals surface area contributed by atoms with E-state index in [1.165, 1.54) is 25.0 Å². The molecule has 0 radical (unpaired) electrons. The fourth-order valence-corrected chi connectivity index (χ4v) is 3.54. The van der Waals surface area contributed by atoms with Gasteiger partial charge in [0, 0.05) is 18.1 Å². The Hall–Kier alpha value is -2.97. The number of para-hydroxylation sites is 2. The molecule has 0 bridgehead atoms. The van der Waals surface area contributed by atoms with Crippen molar-refractivity contribution in [2.45, 2.75) is 5.03 Å². The Morgan fingerprint density at radius 2 is 1.93 bits per heavy atom. The molecule has 0 aliphatic heterocycles. The monoisotopic (exact) mass is 431 g/mol. The van der Waals surface area contributed by atoms with Crippen LogP contribution in [-0.4, -0.2) is 35.4 Å². The number of methoxy groups -OCH3 is 2. The number of carbonyl (C=O) groups is 1. The second kappa shape index (κ2) is 9.49. The summed E-state index contributed by atoms with van der Waals surface area (Å²) in [7, 11) is 3.05. The number of thioether (sulfide) groups is 1. The van der Waals surface area contributed by atoms with E-state index in [9.17, 15) is 9.59 Å². The molecule has 0 spiro atoms. The van der Waals surface area contributed by atoms with Crippen LogP contribution < -0.4 is 20.3 Å². The predicted molar refractivity (Wildman–Crippen MR) is 114 cm³/mol. The third kappa shape index (κ3) is 4.90. The van der Waals surface area contributed by atoms with Crippen LogP contribution in [0.25, 0.3) is 5.69 Å². The summed E-state index contributed by atoms with van der Waals surface area (Å²) in [6, 6.07) is 12.1. The summed E-state index contributed by atoms with van der Waals surface area (Å²) >= 11 is 7.11. The van der Waals surface area contributed by atoms with Gasteiger partial charge in [0.05, 0.1) is 30.7 Å². The molecule has 1 N–H and O–H groups in total. The fourth-order valence-electron chi connectivity index (χ4n) is 2.59. The lowest BCUT2D eigenvalue weighted by molar-refractivity contribution is -0.113.